The lowest BCUT2D eigenvalue weighted by molar-refractivity contribution is 0.0697. The molecule has 1 aromatic carbocycles. The Morgan fingerprint density at radius 2 is 2.10 bits per heavy atom. The molecule has 0 bridgehead atoms. The fourth-order valence-corrected chi connectivity index (χ4v) is 3.13. The topological polar surface area (TPSA) is 55.1 Å². The van der Waals surface area contributed by atoms with Gasteiger partial charge >= 0.3 is 5.97 Å². The Balaban J connectivity index is 2.17. The molecule has 0 saturated carbocycles. The SMILES string of the molecule is O=C(O)c1cn(-c2ccc(Cl)cc2Cl)nc1-c1cccs1. The van der Waals surface area contributed by atoms with Gasteiger partial charge < -0.3 is 5.11 Å². The van der Waals surface area contributed by atoms with Crippen molar-refractivity contribution >= 4 is 40.5 Å². The Kier molecular flexibility index (Phi) is 3.71. The molecule has 0 amide bonds. The predicted molar refractivity (Wildman–Crippen MR) is 83.9 cm³/mol. The van der Waals surface area contributed by atoms with Crippen LogP contribution in [0.2, 0.25) is 10.0 Å². The lowest BCUT2D eigenvalue weighted by Gasteiger charge is -2.04. The highest BCUT2D eigenvalue weighted by Gasteiger charge is 2.19. The summed E-state index contributed by atoms with van der Waals surface area (Å²) in [6, 6.07) is 8.63. The van der Waals surface area contributed by atoms with Crippen LogP contribution in [0, 0.1) is 0 Å². The molecule has 0 atom stereocenters. The van der Waals surface area contributed by atoms with Crippen LogP contribution in [-0.4, -0.2) is 20.9 Å². The first-order chi connectivity index (χ1) is 10.1. The molecule has 0 radical (unpaired) electrons. The van der Waals surface area contributed by atoms with E-state index in [4.69, 9.17) is 23.2 Å². The summed E-state index contributed by atoms with van der Waals surface area (Å²) < 4.78 is 1.46. The summed E-state index contributed by atoms with van der Waals surface area (Å²) in [5.74, 6) is -1.03. The molecule has 2 heterocycles. The number of carboxylic acids is 1. The number of hydrogen-bond acceptors (Lipinski definition) is 3. The largest absolute Gasteiger partial charge is 0.478 e. The van der Waals surface area contributed by atoms with Crippen LogP contribution in [0.25, 0.3) is 16.3 Å². The van der Waals surface area contributed by atoms with Crippen LogP contribution < -0.4 is 0 Å². The van der Waals surface area contributed by atoms with Crippen LogP contribution in [0.4, 0.5) is 0 Å². The number of aromatic carboxylic acids is 1. The van der Waals surface area contributed by atoms with E-state index in [0.29, 0.717) is 21.4 Å². The van der Waals surface area contributed by atoms with Crippen molar-refractivity contribution in [1.82, 2.24) is 9.78 Å². The van der Waals surface area contributed by atoms with E-state index in [0.717, 1.165) is 4.88 Å². The van der Waals surface area contributed by atoms with Crippen molar-refractivity contribution in [1.29, 1.82) is 0 Å². The van der Waals surface area contributed by atoms with Crippen molar-refractivity contribution in [3.63, 3.8) is 0 Å². The molecule has 106 valence electrons. The normalized spacial score (nSPS) is 10.8. The van der Waals surface area contributed by atoms with Crippen molar-refractivity contribution in [3.05, 3.63) is 57.5 Å². The van der Waals surface area contributed by atoms with Gasteiger partial charge in [-0.1, -0.05) is 29.3 Å². The van der Waals surface area contributed by atoms with Gasteiger partial charge in [0.25, 0.3) is 0 Å². The quantitative estimate of drug-likeness (QED) is 0.758. The average molecular weight is 339 g/mol. The van der Waals surface area contributed by atoms with Crippen LogP contribution in [0.15, 0.2) is 41.9 Å². The van der Waals surface area contributed by atoms with Crippen molar-refractivity contribution in [3.8, 4) is 16.3 Å². The minimum absolute atomic E-state index is 0.128. The fourth-order valence-electron chi connectivity index (χ4n) is 1.92. The minimum Gasteiger partial charge on any atom is -0.478 e. The van der Waals surface area contributed by atoms with Gasteiger partial charge in [0.05, 0.1) is 15.6 Å². The highest BCUT2D eigenvalue weighted by atomic mass is 35.5. The van der Waals surface area contributed by atoms with Crippen molar-refractivity contribution in [2.24, 2.45) is 0 Å². The van der Waals surface area contributed by atoms with Crippen molar-refractivity contribution < 1.29 is 9.90 Å². The number of aromatic nitrogens is 2. The number of rotatable bonds is 3. The first-order valence-electron chi connectivity index (χ1n) is 5.88. The predicted octanol–water partition coefficient (Wildman–Crippen LogP) is 4.61. The van der Waals surface area contributed by atoms with E-state index >= 15 is 0 Å². The summed E-state index contributed by atoms with van der Waals surface area (Å²) in [6.45, 7) is 0. The zero-order chi connectivity index (χ0) is 15.0. The molecule has 0 saturated heterocycles. The fraction of sp³-hybridized carbons (Fsp3) is 0. The summed E-state index contributed by atoms with van der Waals surface area (Å²) in [5.41, 5.74) is 1.12. The third-order valence-corrected chi connectivity index (χ3v) is 4.27. The number of hydrogen-bond donors (Lipinski definition) is 1. The molecule has 7 heteroatoms. The summed E-state index contributed by atoms with van der Waals surface area (Å²) in [5, 5.41) is 16.5. The average Bonchev–Trinajstić information content (AvgIpc) is 3.07. The van der Waals surface area contributed by atoms with E-state index in [9.17, 15) is 9.90 Å². The molecule has 0 aliphatic carbocycles. The van der Waals surface area contributed by atoms with E-state index in [1.165, 1.54) is 22.2 Å². The maximum Gasteiger partial charge on any atom is 0.339 e. The van der Waals surface area contributed by atoms with Gasteiger partial charge in [0, 0.05) is 11.2 Å². The maximum atomic E-state index is 11.4. The highest BCUT2D eigenvalue weighted by molar-refractivity contribution is 7.13. The molecule has 1 N–H and O–H groups in total. The number of thiophene rings is 1. The van der Waals surface area contributed by atoms with Crippen LogP contribution >= 0.6 is 34.5 Å². The van der Waals surface area contributed by atoms with Crippen LogP contribution in [0.1, 0.15) is 10.4 Å². The monoisotopic (exact) mass is 338 g/mol. The Hall–Kier alpha value is -1.82. The number of carbonyl (C=O) groups is 1. The molecular formula is C14H8Cl2N2O2S. The number of halogens is 2. The second-order valence-corrected chi connectivity index (χ2v) is 6.01. The van der Waals surface area contributed by atoms with E-state index in [2.05, 4.69) is 5.10 Å². The van der Waals surface area contributed by atoms with Gasteiger partial charge in [-0.15, -0.1) is 11.3 Å². The number of nitrogens with zero attached hydrogens (tertiary/aromatic N) is 2. The van der Waals surface area contributed by atoms with Crippen molar-refractivity contribution in [2.75, 3.05) is 0 Å². The summed E-state index contributed by atoms with van der Waals surface area (Å²) in [7, 11) is 0. The zero-order valence-corrected chi connectivity index (χ0v) is 12.8. The van der Waals surface area contributed by atoms with Gasteiger partial charge in [0.1, 0.15) is 11.3 Å². The molecule has 0 aliphatic rings. The molecule has 3 rings (SSSR count). The first-order valence-corrected chi connectivity index (χ1v) is 7.52. The molecule has 3 aromatic rings. The minimum atomic E-state index is -1.03. The zero-order valence-electron chi connectivity index (χ0n) is 10.5. The van der Waals surface area contributed by atoms with Crippen LogP contribution in [0.3, 0.4) is 0 Å². The molecule has 0 fully saturated rings. The van der Waals surface area contributed by atoms with Crippen molar-refractivity contribution in [2.45, 2.75) is 0 Å². The highest BCUT2D eigenvalue weighted by Crippen LogP contribution is 2.30. The molecule has 21 heavy (non-hydrogen) atoms. The summed E-state index contributed by atoms with van der Waals surface area (Å²) in [6.07, 6.45) is 1.45. The first kappa shape index (κ1) is 14.1. The second-order valence-electron chi connectivity index (χ2n) is 4.21. The molecule has 2 aromatic heterocycles. The molecular weight excluding hydrogens is 331 g/mol. The van der Waals surface area contributed by atoms with E-state index in [1.807, 2.05) is 17.5 Å². The van der Waals surface area contributed by atoms with Gasteiger partial charge in [-0.05, 0) is 29.6 Å². The third kappa shape index (κ3) is 2.68. The van der Waals surface area contributed by atoms with Gasteiger partial charge in [0.2, 0.25) is 0 Å². The van der Waals surface area contributed by atoms with Gasteiger partial charge in [-0.3, -0.25) is 0 Å². The van der Waals surface area contributed by atoms with E-state index in [1.54, 1.807) is 18.2 Å². The Labute approximate surface area is 134 Å². The number of carboxylic acid groups (broad SMARTS) is 1. The molecule has 0 aliphatic heterocycles. The smallest absolute Gasteiger partial charge is 0.339 e. The van der Waals surface area contributed by atoms with Gasteiger partial charge in [0.15, 0.2) is 0 Å². The lowest BCUT2D eigenvalue weighted by atomic mass is 10.2. The maximum absolute atomic E-state index is 11.4. The van der Waals surface area contributed by atoms with Crippen LogP contribution in [0.5, 0.6) is 0 Å². The second kappa shape index (κ2) is 5.52. The van der Waals surface area contributed by atoms with E-state index in [-0.39, 0.29) is 5.56 Å². The van der Waals surface area contributed by atoms with E-state index < -0.39 is 5.97 Å². The van der Waals surface area contributed by atoms with Crippen LogP contribution in [-0.2, 0) is 0 Å². The Bertz CT molecular complexity index is 813. The summed E-state index contributed by atoms with van der Waals surface area (Å²) in [4.78, 5) is 12.2. The Morgan fingerprint density at radius 3 is 2.71 bits per heavy atom. The Morgan fingerprint density at radius 1 is 1.29 bits per heavy atom. The standard InChI is InChI=1S/C14H8Cl2N2O2S/c15-8-3-4-11(10(16)6-8)18-7-9(14(19)20)13(17-18)12-2-1-5-21-12/h1-7H,(H,19,20). The number of benzene rings is 1. The third-order valence-electron chi connectivity index (χ3n) is 2.86. The molecule has 0 unspecified atom stereocenters. The summed E-state index contributed by atoms with van der Waals surface area (Å²) >= 11 is 13.4. The van der Waals surface area contributed by atoms with Gasteiger partial charge in [-0.25, -0.2) is 9.48 Å². The lowest BCUT2D eigenvalue weighted by Crippen LogP contribution is -1.96. The van der Waals surface area contributed by atoms with Gasteiger partial charge in [-0.2, -0.15) is 5.10 Å². The molecule has 0 spiro atoms. The molecule has 4 nitrogen and oxygen atoms in total.